The predicted octanol–water partition coefficient (Wildman–Crippen LogP) is 3.72. The molecule has 0 unspecified atom stereocenters. The predicted molar refractivity (Wildman–Crippen MR) is 119 cm³/mol. The Morgan fingerprint density at radius 2 is 1.97 bits per heavy atom. The van der Waals surface area contributed by atoms with Crippen LogP contribution >= 0.6 is 23.2 Å². The number of carboxylic acid groups (broad SMARTS) is 1. The Balaban J connectivity index is 1.72. The quantitative estimate of drug-likeness (QED) is 0.378. The van der Waals surface area contributed by atoms with Crippen molar-refractivity contribution >= 4 is 41.3 Å². The topological polar surface area (TPSA) is 115 Å². The zero-order chi connectivity index (χ0) is 23.3. The molecule has 0 atom stereocenters. The molecule has 0 aliphatic rings. The lowest BCUT2D eigenvalue weighted by Gasteiger charge is -2.12. The summed E-state index contributed by atoms with van der Waals surface area (Å²) in [5, 5.41) is 18.6. The number of amides is 1. The number of benzene rings is 2. The number of nitrogens with one attached hydrogen (secondary N) is 1. The molecule has 2 aromatic carbocycles. The number of aromatic nitrogens is 2. The molecule has 3 aromatic rings. The largest absolute Gasteiger partial charge is 0.493 e. The van der Waals surface area contributed by atoms with E-state index in [9.17, 15) is 14.7 Å². The van der Waals surface area contributed by atoms with Gasteiger partial charge in [-0.25, -0.2) is 10.2 Å². The Kier molecular flexibility index (Phi) is 7.34. The zero-order valence-electron chi connectivity index (χ0n) is 17.0. The average molecular weight is 477 g/mol. The molecule has 1 heterocycles. The SMILES string of the molecule is COc1ccc(/C=N\NC(=O)c2ccn(Cc3ccc(Cl)cc3Cl)n2)c(C(=O)O)c1OC. The molecular weight excluding hydrogens is 459 g/mol. The first-order chi connectivity index (χ1) is 15.3. The number of hydrogen-bond donors (Lipinski definition) is 2. The Labute approximate surface area is 193 Å². The van der Waals surface area contributed by atoms with Crippen molar-refractivity contribution in [1.29, 1.82) is 0 Å². The summed E-state index contributed by atoms with van der Waals surface area (Å²) >= 11 is 12.1. The van der Waals surface area contributed by atoms with Crippen molar-refractivity contribution in [3.05, 3.63) is 75.0 Å². The molecule has 0 fully saturated rings. The van der Waals surface area contributed by atoms with Crippen LogP contribution in [0, 0.1) is 0 Å². The minimum atomic E-state index is -1.23. The molecule has 0 bridgehead atoms. The molecule has 0 aliphatic heterocycles. The van der Waals surface area contributed by atoms with Crippen LogP contribution in [0.2, 0.25) is 10.0 Å². The molecule has 32 heavy (non-hydrogen) atoms. The monoisotopic (exact) mass is 476 g/mol. The Bertz CT molecular complexity index is 1190. The first kappa shape index (κ1) is 23.1. The van der Waals surface area contributed by atoms with Crippen LogP contribution in [0.3, 0.4) is 0 Å². The van der Waals surface area contributed by atoms with Crippen molar-refractivity contribution in [2.45, 2.75) is 6.54 Å². The molecule has 3 rings (SSSR count). The number of ether oxygens (including phenoxy) is 2. The maximum absolute atomic E-state index is 12.3. The molecule has 1 amide bonds. The van der Waals surface area contributed by atoms with Gasteiger partial charge in [-0.05, 0) is 35.9 Å². The highest BCUT2D eigenvalue weighted by Gasteiger charge is 2.20. The van der Waals surface area contributed by atoms with Gasteiger partial charge >= 0.3 is 5.97 Å². The fourth-order valence-corrected chi connectivity index (χ4v) is 3.35. The second-order valence-corrected chi connectivity index (χ2v) is 7.25. The Hall–Kier alpha value is -3.56. The maximum atomic E-state index is 12.3. The first-order valence-corrected chi connectivity index (χ1v) is 9.88. The van der Waals surface area contributed by atoms with Crippen LogP contribution < -0.4 is 14.9 Å². The second kappa shape index (κ2) is 10.2. The van der Waals surface area contributed by atoms with Gasteiger partial charge in [0.25, 0.3) is 5.91 Å². The van der Waals surface area contributed by atoms with E-state index in [-0.39, 0.29) is 28.3 Å². The lowest BCUT2D eigenvalue weighted by Crippen LogP contribution is -2.19. The molecule has 9 nitrogen and oxygen atoms in total. The van der Waals surface area contributed by atoms with Gasteiger partial charge in [0.1, 0.15) is 5.56 Å². The fraction of sp³-hybridized carbons (Fsp3) is 0.143. The smallest absolute Gasteiger partial charge is 0.340 e. The Morgan fingerprint density at radius 3 is 2.62 bits per heavy atom. The molecule has 0 spiro atoms. The second-order valence-electron chi connectivity index (χ2n) is 6.40. The molecule has 1 aromatic heterocycles. The van der Waals surface area contributed by atoms with E-state index >= 15 is 0 Å². The minimum absolute atomic E-state index is 0.0508. The normalized spacial score (nSPS) is 10.9. The number of carbonyl (C=O) groups excluding carboxylic acids is 1. The van der Waals surface area contributed by atoms with Gasteiger partial charge < -0.3 is 14.6 Å². The molecule has 0 aliphatic carbocycles. The van der Waals surface area contributed by atoms with Crippen molar-refractivity contribution < 1.29 is 24.2 Å². The molecule has 0 saturated heterocycles. The highest BCUT2D eigenvalue weighted by atomic mass is 35.5. The molecule has 166 valence electrons. The van der Waals surface area contributed by atoms with Crippen LogP contribution in [0.15, 0.2) is 47.7 Å². The van der Waals surface area contributed by atoms with Crippen LogP contribution in [0.4, 0.5) is 0 Å². The summed E-state index contributed by atoms with van der Waals surface area (Å²) in [6.07, 6.45) is 2.83. The van der Waals surface area contributed by atoms with Gasteiger partial charge in [0, 0.05) is 21.8 Å². The first-order valence-electron chi connectivity index (χ1n) is 9.13. The number of nitrogens with zero attached hydrogens (tertiary/aromatic N) is 3. The summed E-state index contributed by atoms with van der Waals surface area (Å²) < 4.78 is 11.8. The minimum Gasteiger partial charge on any atom is -0.493 e. The van der Waals surface area contributed by atoms with E-state index in [0.717, 1.165) is 5.56 Å². The summed E-state index contributed by atoms with van der Waals surface area (Å²) in [5.41, 5.74) is 3.31. The lowest BCUT2D eigenvalue weighted by atomic mass is 10.1. The molecule has 0 radical (unpaired) electrons. The van der Waals surface area contributed by atoms with Crippen LogP contribution in [0.1, 0.15) is 32.0 Å². The highest BCUT2D eigenvalue weighted by molar-refractivity contribution is 6.35. The maximum Gasteiger partial charge on any atom is 0.340 e. The third-order valence-corrected chi connectivity index (χ3v) is 4.97. The number of methoxy groups -OCH3 is 2. The average Bonchev–Trinajstić information content (AvgIpc) is 3.23. The van der Waals surface area contributed by atoms with Gasteiger partial charge in [-0.1, -0.05) is 29.3 Å². The van der Waals surface area contributed by atoms with Gasteiger partial charge in [0.05, 0.1) is 27.0 Å². The van der Waals surface area contributed by atoms with Crippen LogP contribution in [-0.4, -0.2) is 47.2 Å². The Morgan fingerprint density at radius 1 is 1.19 bits per heavy atom. The van der Waals surface area contributed by atoms with Crippen LogP contribution in [0.5, 0.6) is 11.5 Å². The van der Waals surface area contributed by atoms with Crippen molar-refractivity contribution in [2.75, 3.05) is 14.2 Å². The van der Waals surface area contributed by atoms with Gasteiger partial charge in [-0.3, -0.25) is 9.48 Å². The number of carbonyl (C=O) groups is 2. The number of carboxylic acids is 1. The lowest BCUT2D eigenvalue weighted by molar-refractivity contribution is 0.0692. The van der Waals surface area contributed by atoms with E-state index in [0.29, 0.717) is 16.6 Å². The number of rotatable bonds is 8. The summed E-state index contributed by atoms with van der Waals surface area (Å²) in [7, 11) is 2.73. The zero-order valence-corrected chi connectivity index (χ0v) is 18.5. The summed E-state index contributed by atoms with van der Waals surface area (Å²) in [5.74, 6) is -1.49. The van der Waals surface area contributed by atoms with Crippen molar-refractivity contribution in [1.82, 2.24) is 15.2 Å². The van der Waals surface area contributed by atoms with Gasteiger partial charge in [0.15, 0.2) is 17.2 Å². The van der Waals surface area contributed by atoms with Crippen molar-refractivity contribution in [3.8, 4) is 11.5 Å². The van der Waals surface area contributed by atoms with E-state index in [1.54, 1.807) is 29.1 Å². The van der Waals surface area contributed by atoms with E-state index in [2.05, 4.69) is 15.6 Å². The number of halogens is 2. The number of aromatic carboxylic acids is 1. The standard InChI is InChI=1S/C21H18Cl2N4O5/c1-31-17-6-4-12(18(21(29)30)19(17)32-2)10-24-25-20(28)16-7-8-27(26-16)11-13-3-5-14(22)9-15(13)23/h3-10H,11H2,1-2H3,(H,25,28)(H,29,30)/b24-10-. The fourth-order valence-electron chi connectivity index (χ4n) is 2.88. The van der Waals surface area contributed by atoms with Crippen molar-refractivity contribution in [2.24, 2.45) is 5.10 Å². The van der Waals surface area contributed by atoms with E-state index in [1.165, 1.54) is 38.6 Å². The van der Waals surface area contributed by atoms with Crippen LogP contribution in [0.25, 0.3) is 0 Å². The van der Waals surface area contributed by atoms with E-state index < -0.39 is 11.9 Å². The van der Waals surface area contributed by atoms with E-state index in [4.69, 9.17) is 32.7 Å². The molecule has 0 saturated carbocycles. The third-order valence-electron chi connectivity index (χ3n) is 4.38. The van der Waals surface area contributed by atoms with Gasteiger partial charge in [0.2, 0.25) is 0 Å². The summed E-state index contributed by atoms with van der Waals surface area (Å²) in [4.78, 5) is 24.0. The highest BCUT2D eigenvalue weighted by Crippen LogP contribution is 2.32. The number of hydrogen-bond acceptors (Lipinski definition) is 6. The summed E-state index contributed by atoms with van der Waals surface area (Å²) in [6, 6.07) is 9.67. The van der Waals surface area contributed by atoms with Crippen molar-refractivity contribution in [3.63, 3.8) is 0 Å². The van der Waals surface area contributed by atoms with Crippen LogP contribution in [-0.2, 0) is 6.54 Å². The third kappa shape index (κ3) is 5.19. The number of hydrazone groups is 1. The van der Waals surface area contributed by atoms with Gasteiger partial charge in [-0.15, -0.1) is 0 Å². The molecule has 11 heteroatoms. The van der Waals surface area contributed by atoms with Gasteiger partial charge in [-0.2, -0.15) is 10.2 Å². The van der Waals surface area contributed by atoms with E-state index in [1.807, 2.05) is 0 Å². The summed E-state index contributed by atoms with van der Waals surface area (Å²) in [6.45, 7) is 0.347. The molecular formula is C21H18Cl2N4O5. The molecule has 2 N–H and O–H groups in total.